The van der Waals surface area contributed by atoms with Crippen molar-refractivity contribution in [3.8, 4) is 0 Å². The van der Waals surface area contributed by atoms with Crippen molar-refractivity contribution in [1.29, 1.82) is 0 Å². The van der Waals surface area contributed by atoms with E-state index in [1.807, 2.05) is 26.0 Å². The molecule has 0 bridgehead atoms. The van der Waals surface area contributed by atoms with Gasteiger partial charge in [-0.1, -0.05) is 42.3 Å². The number of hydrogen-bond acceptors (Lipinski definition) is 4. The standard InChI is InChI=1S/C24H23Cl2N3O2/c1-12-9-18-23(19(30)10-12)22(16-8-7-15(25)11-17(16)26)21(14(3)28-18)24(31)29-20-6-4-5-13(2)27-20/h4-8,11-12,22,28H,9-10H2,1-3H3,(H,27,29,31). The number of amides is 1. The number of carbonyl (C=O) groups is 2. The normalized spacial score (nSPS) is 21.0. The number of ketones is 1. The molecule has 4 rings (SSSR count). The number of dihydropyridines is 1. The molecule has 0 saturated carbocycles. The number of rotatable bonds is 3. The first kappa shape index (κ1) is 21.6. The first-order chi connectivity index (χ1) is 14.7. The second-order valence-electron chi connectivity index (χ2n) is 8.21. The molecule has 31 heavy (non-hydrogen) atoms. The van der Waals surface area contributed by atoms with Gasteiger partial charge in [-0.05, 0) is 56.0 Å². The maximum atomic E-state index is 13.4. The summed E-state index contributed by atoms with van der Waals surface area (Å²) >= 11 is 12.7. The summed E-state index contributed by atoms with van der Waals surface area (Å²) in [5.41, 5.74) is 4.10. The van der Waals surface area contributed by atoms with Crippen molar-refractivity contribution < 1.29 is 9.59 Å². The molecule has 2 unspecified atom stereocenters. The number of pyridine rings is 1. The molecule has 2 aromatic rings. The zero-order chi connectivity index (χ0) is 22.3. The highest BCUT2D eigenvalue weighted by Gasteiger charge is 2.40. The Morgan fingerprint density at radius 3 is 2.65 bits per heavy atom. The minimum atomic E-state index is -0.578. The van der Waals surface area contributed by atoms with E-state index in [0.717, 1.165) is 17.8 Å². The molecule has 2 heterocycles. The molecule has 0 radical (unpaired) electrons. The third-order valence-corrected chi connectivity index (χ3v) is 6.24. The van der Waals surface area contributed by atoms with E-state index in [9.17, 15) is 9.59 Å². The Hall–Kier alpha value is -2.63. The fourth-order valence-electron chi connectivity index (χ4n) is 4.38. The van der Waals surface area contributed by atoms with Gasteiger partial charge in [-0.25, -0.2) is 4.98 Å². The molecular formula is C24H23Cl2N3O2. The van der Waals surface area contributed by atoms with Crippen molar-refractivity contribution in [3.05, 3.63) is 80.2 Å². The summed E-state index contributed by atoms with van der Waals surface area (Å²) < 4.78 is 0. The second-order valence-corrected chi connectivity index (χ2v) is 9.05. The van der Waals surface area contributed by atoms with Gasteiger partial charge in [-0.15, -0.1) is 0 Å². The molecule has 1 aliphatic carbocycles. The van der Waals surface area contributed by atoms with E-state index in [0.29, 0.717) is 44.7 Å². The molecule has 1 aromatic carbocycles. The van der Waals surface area contributed by atoms with Crippen LogP contribution in [0.3, 0.4) is 0 Å². The summed E-state index contributed by atoms with van der Waals surface area (Å²) in [5.74, 6) is -0.180. The zero-order valence-corrected chi connectivity index (χ0v) is 19.1. The highest BCUT2D eigenvalue weighted by atomic mass is 35.5. The van der Waals surface area contributed by atoms with Crippen molar-refractivity contribution in [2.75, 3.05) is 5.32 Å². The fraction of sp³-hybridized carbons (Fsp3) is 0.292. The third kappa shape index (κ3) is 4.25. The molecule has 160 valence electrons. The third-order valence-electron chi connectivity index (χ3n) is 5.68. The van der Waals surface area contributed by atoms with Crippen molar-refractivity contribution in [3.63, 3.8) is 0 Å². The van der Waals surface area contributed by atoms with Crippen LogP contribution in [0.15, 0.2) is 58.9 Å². The first-order valence-electron chi connectivity index (χ1n) is 10.2. The molecule has 0 fully saturated rings. The molecule has 0 saturated heterocycles. The predicted molar refractivity (Wildman–Crippen MR) is 123 cm³/mol. The Kier molecular flexibility index (Phi) is 5.91. The van der Waals surface area contributed by atoms with Crippen molar-refractivity contribution in [2.24, 2.45) is 5.92 Å². The van der Waals surface area contributed by atoms with E-state index >= 15 is 0 Å². The number of nitrogens with one attached hydrogen (secondary N) is 2. The van der Waals surface area contributed by atoms with Gasteiger partial charge < -0.3 is 10.6 Å². The summed E-state index contributed by atoms with van der Waals surface area (Å²) in [4.78, 5) is 31.0. The smallest absolute Gasteiger partial charge is 0.255 e. The van der Waals surface area contributed by atoms with E-state index in [1.165, 1.54) is 0 Å². The van der Waals surface area contributed by atoms with Crippen molar-refractivity contribution in [1.82, 2.24) is 10.3 Å². The van der Waals surface area contributed by atoms with Gasteiger partial charge in [0.2, 0.25) is 0 Å². The van der Waals surface area contributed by atoms with E-state index in [2.05, 4.69) is 22.5 Å². The van der Waals surface area contributed by atoms with Crippen molar-refractivity contribution >= 4 is 40.7 Å². The number of aromatic nitrogens is 1. The quantitative estimate of drug-likeness (QED) is 0.636. The molecule has 2 atom stereocenters. The zero-order valence-electron chi connectivity index (χ0n) is 17.6. The molecule has 2 aliphatic rings. The lowest BCUT2D eigenvalue weighted by atomic mass is 9.73. The molecule has 5 nitrogen and oxygen atoms in total. The van der Waals surface area contributed by atoms with Crippen LogP contribution in [0, 0.1) is 12.8 Å². The van der Waals surface area contributed by atoms with E-state index in [4.69, 9.17) is 23.2 Å². The summed E-state index contributed by atoms with van der Waals surface area (Å²) in [5, 5.41) is 7.12. The predicted octanol–water partition coefficient (Wildman–Crippen LogP) is 5.55. The SMILES string of the molecule is CC1=C(C(=O)Nc2cccc(C)n2)C(c2ccc(Cl)cc2Cl)C2=C(CC(C)CC2=O)N1. The number of hydrogen-bond donors (Lipinski definition) is 2. The van der Waals surface area contributed by atoms with Gasteiger partial charge >= 0.3 is 0 Å². The number of carbonyl (C=O) groups excluding carboxylic acids is 2. The lowest BCUT2D eigenvalue weighted by Gasteiger charge is -2.36. The topological polar surface area (TPSA) is 71.1 Å². The van der Waals surface area contributed by atoms with Crippen LogP contribution in [0.5, 0.6) is 0 Å². The lowest BCUT2D eigenvalue weighted by Crippen LogP contribution is -2.37. The summed E-state index contributed by atoms with van der Waals surface area (Å²) in [7, 11) is 0. The van der Waals surface area contributed by atoms with Crippen LogP contribution in [-0.4, -0.2) is 16.7 Å². The Balaban J connectivity index is 1.83. The van der Waals surface area contributed by atoms with Gasteiger partial charge in [-0.2, -0.15) is 0 Å². The van der Waals surface area contributed by atoms with E-state index < -0.39 is 5.92 Å². The largest absolute Gasteiger partial charge is 0.362 e. The molecule has 1 aliphatic heterocycles. The average molecular weight is 456 g/mol. The summed E-state index contributed by atoms with van der Waals surface area (Å²) in [6.07, 6.45) is 1.18. The number of halogens is 2. The fourth-order valence-corrected chi connectivity index (χ4v) is 4.90. The molecule has 1 amide bonds. The lowest BCUT2D eigenvalue weighted by molar-refractivity contribution is -0.117. The minimum absolute atomic E-state index is 0.0312. The van der Waals surface area contributed by atoms with Crippen molar-refractivity contribution in [2.45, 2.75) is 39.5 Å². The van der Waals surface area contributed by atoms with Crippen LogP contribution in [0.4, 0.5) is 5.82 Å². The number of anilines is 1. The molecular weight excluding hydrogens is 433 g/mol. The maximum absolute atomic E-state index is 13.4. The Morgan fingerprint density at radius 1 is 1.16 bits per heavy atom. The van der Waals surface area contributed by atoms with Gasteiger partial charge in [0.25, 0.3) is 5.91 Å². The van der Waals surface area contributed by atoms with Gasteiger partial charge in [0.1, 0.15) is 5.82 Å². The van der Waals surface area contributed by atoms with Crippen LogP contribution in [0.2, 0.25) is 10.0 Å². The highest BCUT2D eigenvalue weighted by molar-refractivity contribution is 6.35. The number of Topliss-reactive ketones (excluding diaryl/α,β-unsaturated/α-hetero) is 1. The molecule has 7 heteroatoms. The van der Waals surface area contributed by atoms with Crippen LogP contribution in [-0.2, 0) is 9.59 Å². The van der Waals surface area contributed by atoms with Crippen LogP contribution < -0.4 is 10.6 Å². The van der Waals surface area contributed by atoms with Crippen LogP contribution in [0.1, 0.15) is 43.9 Å². The second kappa shape index (κ2) is 8.48. The number of benzene rings is 1. The molecule has 1 aromatic heterocycles. The van der Waals surface area contributed by atoms with Crippen LogP contribution >= 0.6 is 23.2 Å². The molecule has 0 spiro atoms. The van der Waals surface area contributed by atoms with Gasteiger partial charge in [0.05, 0.1) is 0 Å². The molecule has 2 N–H and O–H groups in total. The number of allylic oxidation sites excluding steroid dienone is 3. The Bertz CT molecular complexity index is 1150. The van der Waals surface area contributed by atoms with E-state index in [1.54, 1.807) is 24.3 Å². The Morgan fingerprint density at radius 2 is 1.94 bits per heavy atom. The average Bonchev–Trinajstić information content (AvgIpc) is 2.66. The van der Waals surface area contributed by atoms with Gasteiger partial charge in [0, 0.05) is 50.6 Å². The highest BCUT2D eigenvalue weighted by Crippen LogP contribution is 2.45. The Labute approximate surface area is 191 Å². The number of nitrogens with zero attached hydrogens (tertiary/aromatic N) is 1. The van der Waals surface area contributed by atoms with Gasteiger partial charge in [0.15, 0.2) is 5.78 Å². The summed E-state index contributed by atoms with van der Waals surface area (Å²) in [6, 6.07) is 10.6. The van der Waals surface area contributed by atoms with Gasteiger partial charge in [-0.3, -0.25) is 9.59 Å². The van der Waals surface area contributed by atoms with E-state index in [-0.39, 0.29) is 17.6 Å². The number of aryl methyl sites for hydroxylation is 1. The first-order valence-corrected chi connectivity index (χ1v) is 10.9. The monoisotopic (exact) mass is 455 g/mol. The maximum Gasteiger partial charge on any atom is 0.255 e. The minimum Gasteiger partial charge on any atom is -0.362 e. The van der Waals surface area contributed by atoms with Crippen LogP contribution in [0.25, 0.3) is 0 Å². The summed E-state index contributed by atoms with van der Waals surface area (Å²) in [6.45, 7) is 5.76.